The summed E-state index contributed by atoms with van der Waals surface area (Å²) in [6, 6.07) is -0.0653. The van der Waals surface area contributed by atoms with Crippen LogP contribution in [0.15, 0.2) is 60.3 Å². The molecule has 0 fully saturated rings. The highest BCUT2D eigenvalue weighted by Crippen LogP contribution is 2.44. The van der Waals surface area contributed by atoms with Crippen LogP contribution in [-0.4, -0.2) is 12.6 Å². The van der Waals surface area contributed by atoms with E-state index in [1.54, 1.807) is 0 Å². The van der Waals surface area contributed by atoms with Crippen LogP contribution in [-0.2, 0) is 0 Å². The molecule has 1 unspecified atom stereocenters. The standard InChI is InChI=1S/C26H41N/c1-11-14-15-16-21(4)19-24(12-2)27-18-17-22(5)20-26(9,10)23(6)25(7,8)13-3/h2,11,15-17,19,24,27H,1,6,13-14,18,20H2,3-5,7-10H3/b16-15-,21-19-,22-17+. The highest BCUT2D eigenvalue weighted by Gasteiger charge is 2.31. The third kappa shape index (κ3) is 9.64. The van der Waals surface area contributed by atoms with E-state index in [4.69, 9.17) is 6.42 Å². The van der Waals surface area contributed by atoms with E-state index in [0.29, 0.717) is 0 Å². The maximum absolute atomic E-state index is 5.67. The molecule has 0 saturated carbocycles. The minimum Gasteiger partial charge on any atom is -0.297 e. The second-order valence-electron chi connectivity index (χ2n) is 8.72. The minimum atomic E-state index is -0.0653. The van der Waals surface area contributed by atoms with Crippen LogP contribution < -0.4 is 5.32 Å². The van der Waals surface area contributed by atoms with E-state index in [1.807, 2.05) is 6.08 Å². The summed E-state index contributed by atoms with van der Waals surface area (Å²) in [5.74, 6) is 2.81. The first-order valence-electron chi connectivity index (χ1n) is 10.0. The molecular formula is C26H41N. The zero-order valence-electron chi connectivity index (χ0n) is 18.8. The molecular weight excluding hydrogens is 326 g/mol. The lowest BCUT2D eigenvalue weighted by molar-refractivity contribution is 0.306. The summed E-state index contributed by atoms with van der Waals surface area (Å²) in [6.07, 6.45) is 19.0. The molecule has 0 rings (SSSR count). The van der Waals surface area contributed by atoms with Crippen molar-refractivity contribution in [1.29, 1.82) is 0 Å². The normalized spacial score (nSPS) is 14.9. The molecule has 1 nitrogen and oxygen atoms in total. The molecule has 150 valence electrons. The lowest BCUT2D eigenvalue weighted by Crippen LogP contribution is -2.27. The molecule has 27 heavy (non-hydrogen) atoms. The first-order valence-corrected chi connectivity index (χ1v) is 10.0. The molecule has 0 aliphatic rings. The fourth-order valence-corrected chi connectivity index (χ4v) is 3.20. The molecule has 0 aliphatic heterocycles. The lowest BCUT2D eigenvalue weighted by Gasteiger charge is -2.38. The Kier molecular flexibility index (Phi) is 11.1. The van der Waals surface area contributed by atoms with Crippen molar-refractivity contribution in [2.75, 3.05) is 6.54 Å². The molecule has 0 spiro atoms. The van der Waals surface area contributed by atoms with Crippen molar-refractivity contribution in [3.8, 4) is 12.3 Å². The van der Waals surface area contributed by atoms with Crippen LogP contribution in [0.1, 0.15) is 67.7 Å². The van der Waals surface area contributed by atoms with Gasteiger partial charge in [0.1, 0.15) is 0 Å². The van der Waals surface area contributed by atoms with Crippen molar-refractivity contribution in [3.63, 3.8) is 0 Å². The average Bonchev–Trinajstić information content (AvgIpc) is 2.59. The van der Waals surface area contributed by atoms with Crippen LogP contribution in [0.4, 0.5) is 0 Å². The second kappa shape index (κ2) is 11.8. The van der Waals surface area contributed by atoms with Crippen molar-refractivity contribution in [3.05, 3.63) is 60.3 Å². The van der Waals surface area contributed by atoms with Gasteiger partial charge in [-0.25, -0.2) is 0 Å². The number of terminal acetylenes is 1. The largest absolute Gasteiger partial charge is 0.297 e. The molecule has 0 aromatic rings. The summed E-state index contributed by atoms with van der Waals surface area (Å²) >= 11 is 0. The van der Waals surface area contributed by atoms with Gasteiger partial charge < -0.3 is 0 Å². The summed E-state index contributed by atoms with van der Waals surface area (Å²) in [5.41, 5.74) is 4.09. The van der Waals surface area contributed by atoms with Gasteiger partial charge in [-0.05, 0) is 43.9 Å². The monoisotopic (exact) mass is 367 g/mol. The van der Waals surface area contributed by atoms with Gasteiger partial charge in [0, 0.05) is 6.54 Å². The topological polar surface area (TPSA) is 12.0 Å². The van der Waals surface area contributed by atoms with E-state index in [-0.39, 0.29) is 16.9 Å². The van der Waals surface area contributed by atoms with Gasteiger partial charge in [-0.3, -0.25) is 5.32 Å². The molecule has 0 aromatic heterocycles. The highest BCUT2D eigenvalue weighted by atomic mass is 14.9. The molecule has 0 aromatic carbocycles. The lowest BCUT2D eigenvalue weighted by atomic mass is 9.67. The summed E-state index contributed by atoms with van der Waals surface area (Å²) in [6.45, 7) is 24.6. The number of allylic oxidation sites excluding steroid dienone is 6. The first kappa shape index (κ1) is 25.2. The van der Waals surface area contributed by atoms with Crippen LogP contribution >= 0.6 is 0 Å². The molecule has 0 saturated heterocycles. The Morgan fingerprint density at radius 3 is 2.33 bits per heavy atom. The summed E-state index contributed by atoms with van der Waals surface area (Å²) in [4.78, 5) is 0. The zero-order valence-corrected chi connectivity index (χ0v) is 18.8. The molecule has 0 radical (unpaired) electrons. The Labute approximate surface area is 169 Å². The zero-order chi connectivity index (χ0) is 21.1. The van der Waals surface area contributed by atoms with Crippen molar-refractivity contribution in [2.24, 2.45) is 10.8 Å². The SMILES string of the molecule is C#CC(/C=C(C)\C=C/CC=C)NC/C=C(\C)CC(C)(C)C(=C)C(C)(C)CC. The summed E-state index contributed by atoms with van der Waals surface area (Å²) in [5, 5.41) is 3.41. The van der Waals surface area contributed by atoms with Gasteiger partial charge in [0.2, 0.25) is 0 Å². The van der Waals surface area contributed by atoms with Gasteiger partial charge in [0.15, 0.2) is 0 Å². The Balaban J connectivity index is 4.81. The maximum atomic E-state index is 5.67. The van der Waals surface area contributed by atoms with E-state index in [2.05, 4.69) is 97.2 Å². The fourth-order valence-electron chi connectivity index (χ4n) is 3.20. The van der Waals surface area contributed by atoms with Gasteiger partial charge >= 0.3 is 0 Å². The molecule has 0 heterocycles. The number of nitrogens with one attached hydrogen (secondary N) is 1. The predicted molar refractivity (Wildman–Crippen MR) is 124 cm³/mol. The highest BCUT2D eigenvalue weighted by molar-refractivity contribution is 5.24. The van der Waals surface area contributed by atoms with E-state index >= 15 is 0 Å². The average molecular weight is 368 g/mol. The smallest absolute Gasteiger partial charge is 0.0881 e. The Bertz CT molecular complexity index is 617. The molecule has 0 bridgehead atoms. The number of hydrogen-bond acceptors (Lipinski definition) is 1. The molecule has 1 heteroatoms. The second-order valence-corrected chi connectivity index (χ2v) is 8.72. The van der Waals surface area contributed by atoms with Crippen LogP contribution in [0.5, 0.6) is 0 Å². The third-order valence-electron chi connectivity index (χ3n) is 5.32. The predicted octanol–water partition coefficient (Wildman–Crippen LogP) is 7.01. The van der Waals surface area contributed by atoms with E-state index in [0.717, 1.165) is 31.4 Å². The van der Waals surface area contributed by atoms with Crippen molar-refractivity contribution < 1.29 is 0 Å². The molecule has 1 atom stereocenters. The minimum absolute atomic E-state index is 0.0653. The van der Waals surface area contributed by atoms with E-state index in [9.17, 15) is 0 Å². The summed E-state index contributed by atoms with van der Waals surface area (Å²) in [7, 11) is 0. The van der Waals surface area contributed by atoms with E-state index < -0.39 is 0 Å². The van der Waals surface area contributed by atoms with Crippen molar-refractivity contribution >= 4 is 0 Å². The van der Waals surface area contributed by atoms with Crippen LogP contribution in [0.25, 0.3) is 0 Å². The number of hydrogen-bond donors (Lipinski definition) is 1. The van der Waals surface area contributed by atoms with Gasteiger partial charge in [-0.2, -0.15) is 0 Å². The quantitative estimate of drug-likeness (QED) is 0.222. The fraction of sp³-hybridized carbons (Fsp3) is 0.538. The number of rotatable bonds is 12. The van der Waals surface area contributed by atoms with Gasteiger partial charge in [-0.15, -0.1) is 13.0 Å². The van der Waals surface area contributed by atoms with Gasteiger partial charge in [0.25, 0.3) is 0 Å². The Hall–Kier alpha value is -1.78. The van der Waals surface area contributed by atoms with Crippen LogP contribution in [0, 0.1) is 23.2 Å². The third-order valence-corrected chi connectivity index (χ3v) is 5.32. The van der Waals surface area contributed by atoms with Crippen molar-refractivity contribution in [2.45, 2.75) is 73.8 Å². The maximum Gasteiger partial charge on any atom is 0.0881 e. The van der Waals surface area contributed by atoms with Crippen LogP contribution in [0.3, 0.4) is 0 Å². The Morgan fingerprint density at radius 1 is 1.19 bits per heavy atom. The van der Waals surface area contributed by atoms with E-state index in [1.165, 1.54) is 11.1 Å². The molecule has 0 amide bonds. The van der Waals surface area contributed by atoms with Crippen LogP contribution in [0.2, 0.25) is 0 Å². The summed E-state index contributed by atoms with van der Waals surface area (Å²) < 4.78 is 0. The molecule has 0 aliphatic carbocycles. The van der Waals surface area contributed by atoms with Gasteiger partial charge in [0.05, 0.1) is 6.04 Å². The van der Waals surface area contributed by atoms with Crippen molar-refractivity contribution in [1.82, 2.24) is 5.32 Å². The molecule has 1 N–H and O–H groups in total. The Morgan fingerprint density at radius 2 is 1.81 bits per heavy atom. The van der Waals surface area contributed by atoms with Gasteiger partial charge in [-0.1, -0.05) is 94.2 Å². The first-order chi connectivity index (χ1) is 12.5.